The van der Waals surface area contributed by atoms with Gasteiger partial charge < -0.3 is 20.4 Å². The molecule has 1 aliphatic heterocycles. The van der Waals surface area contributed by atoms with E-state index in [0.29, 0.717) is 23.7 Å². The Morgan fingerprint density at radius 2 is 1.92 bits per heavy atom. The lowest BCUT2D eigenvalue weighted by Crippen LogP contribution is -2.42. The highest BCUT2D eigenvalue weighted by Gasteiger charge is 2.19. The number of likely N-dealkylation sites (tertiary alicyclic amines) is 1. The second kappa shape index (κ2) is 9.33. The maximum absolute atomic E-state index is 12.2. The molecule has 1 atom stereocenters. The van der Waals surface area contributed by atoms with Crippen molar-refractivity contribution in [2.45, 2.75) is 19.8 Å². The number of nitrogens with one attached hydrogen (secondary N) is 2. The van der Waals surface area contributed by atoms with Gasteiger partial charge in [0.2, 0.25) is 0 Å². The van der Waals surface area contributed by atoms with Crippen LogP contribution >= 0.6 is 0 Å². The van der Waals surface area contributed by atoms with Gasteiger partial charge in [0.05, 0.1) is 11.3 Å². The molecular formula is C19H28N4O3. The molecule has 0 bridgehead atoms. The SMILES string of the molecule is CC1CCCN(CCNC(=O)C(=O)Nc2ccccc2C(=O)N(C)C)C1. The number of para-hydroxylation sites is 1. The average molecular weight is 360 g/mol. The van der Waals surface area contributed by atoms with Crippen LogP contribution in [0.2, 0.25) is 0 Å². The van der Waals surface area contributed by atoms with Gasteiger partial charge in [-0.15, -0.1) is 0 Å². The van der Waals surface area contributed by atoms with E-state index in [2.05, 4.69) is 22.5 Å². The quantitative estimate of drug-likeness (QED) is 0.773. The summed E-state index contributed by atoms with van der Waals surface area (Å²) in [6.07, 6.45) is 2.42. The summed E-state index contributed by atoms with van der Waals surface area (Å²) in [4.78, 5) is 40.0. The van der Waals surface area contributed by atoms with Gasteiger partial charge in [0.1, 0.15) is 0 Å². The zero-order valence-corrected chi connectivity index (χ0v) is 15.7. The van der Waals surface area contributed by atoms with E-state index >= 15 is 0 Å². The van der Waals surface area contributed by atoms with E-state index in [1.807, 2.05) is 0 Å². The molecule has 1 aromatic rings. The zero-order valence-electron chi connectivity index (χ0n) is 15.7. The highest BCUT2D eigenvalue weighted by atomic mass is 16.2. The van der Waals surface area contributed by atoms with Crippen LogP contribution in [0, 0.1) is 5.92 Å². The molecule has 1 heterocycles. The molecule has 142 valence electrons. The lowest BCUT2D eigenvalue weighted by atomic mass is 10.0. The molecule has 1 unspecified atom stereocenters. The van der Waals surface area contributed by atoms with E-state index in [1.165, 1.54) is 17.7 Å². The highest BCUT2D eigenvalue weighted by molar-refractivity contribution is 6.40. The Hall–Kier alpha value is -2.41. The topological polar surface area (TPSA) is 81.8 Å². The number of hydrogen-bond donors (Lipinski definition) is 2. The number of benzene rings is 1. The molecule has 2 N–H and O–H groups in total. The van der Waals surface area contributed by atoms with Gasteiger partial charge in [0.25, 0.3) is 5.91 Å². The van der Waals surface area contributed by atoms with Crippen LogP contribution in [0.4, 0.5) is 5.69 Å². The first-order valence-corrected chi connectivity index (χ1v) is 9.00. The first-order valence-electron chi connectivity index (χ1n) is 9.00. The van der Waals surface area contributed by atoms with Crippen molar-refractivity contribution in [1.82, 2.24) is 15.1 Å². The van der Waals surface area contributed by atoms with Crippen molar-refractivity contribution in [3.8, 4) is 0 Å². The second-order valence-electron chi connectivity index (χ2n) is 7.00. The van der Waals surface area contributed by atoms with E-state index in [-0.39, 0.29) is 5.91 Å². The van der Waals surface area contributed by atoms with Crippen LogP contribution in [0.3, 0.4) is 0 Å². The number of nitrogens with zero attached hydrogens (tertiary/aromatic N) is 2. The monoisotopic (exact) mass is 360 g/mol. The van der Waals surface area contributed by atoms with Gasteiger partial charge in [-0.2, -0.15) is 0 Å². The van der Waals surface area contributed by atoms with Gasteiger partial charge >= 0.3 is 11.8 Å². The minimum absolute atomic E-state index is 0.236. The fourth-order valence-electron chi connectivity index (χ4n) is 3.10. The molecule has 0 spiro atoms. The van der Waals surface area contributed by atoms with E-state index in [0.717, 1.165) is 19.6 Å². The van der Waals surface area contributed by atoms with Crippen LogP contribution in [-0.4, -0.2) is 67.8 Å². The molecule has 26 heavy (non-hydrogen) atoms. The van der Waals surface area contributed by atoms with Crippen molar-refractivity contribution in [2.75, 3.05) is 45.6 Å². The molecule has 1 saturated heterocycles. The highest BCUT2D eigenvalue weighted by Crippen LogP contribution is 2.16. The fourth-order valence-corrected chi connectivity index (χ4v) is 3.10. The second-order valence-corrected chi connectivity index (χ2v) is 7.00. The minimum atomic E-state index is -0.768. The molecule has 0 aliphatic carbocycles. The van der Waals surface area contributed by atoms with E-state index in [4.69, 9.17) is 0 Å². The standard InChI is InChI=1S/C19H28N4O3/c1-14-7-6-11-23(13-14)12-10-20-17(24)18(25)21-16-9-5-4-8-15(16)19(26)22(2)3/h4-5,8-9,14H,6-7,10-13H2,1-3H3,(H,20,24)(H,21,25). The van der Waals surface area contributed by atoms with Crippen LogP contribution in [0.1, 0.15) is 30.1 Å². The van der Waals surface area contributed by atoms with Crippen LogP contribution in [0.5, 0.6) is 0 Å². The summed E-state index contributed by atoms with van der Waals surface area (Å²) in [7, 11) is 3.27. The molecule has 1 aliphatic rings. The van der Waals surface area contributed by atoms with Crippen LogP contribution in [0.15, 0.2) is 24.3 Å². The number of carbonyl (C=O) groups excluding carboxylic acids is 3. The van der Waals surface area contributed by atoms with Crippen LogP contribution < -0.4 is 10.6 Å². The lowest BCUT2D eigenvalue weighted by molar-refractivity contribution is -0.136. The van der Waals surface area contributed by atoms with Crippen LogP contribution in [-0.2, 0) is 9.59 Å². The first kappa shape index (κ1) is 19.9. The molecule has 0 aromatic heterocycles. The van der Waals surface area contributed by atoms with Crippen molar-refractivity contribution in [2.24, 2.45) is 5.92 Å². The summed E-state index contributed by atoms with van der Waals surface area (Å²) in [5.41, 5.74) is 0.678. The fraction of sp³-hybridized carbons (Fsp3) is 0.526. The van der Waals surface area contributed by atoms with Crippen molar-refractivity contribution in [3.05, 3.63) is 29.8 Å². The summed E-state index contributed by atoms with van der Waals surface area (Å²) in [6, 6.07) is 6.65. The van der Waals surface area contributed by atoms with Gasteiger partial charge in [-0.05, 0) is 37.4 Å². The Morgan fingerprint density at radius 1 is 1.19 bits per heavy atom. The molecule has 7 heteroatoms. The Morgan fingerprint density at radius 3 is 2.62 bits per heavy atom. The maximum Gasteiger partial charge on any atom is 0.313 e. The molecule has 1 aromatic carbocycles. The van der Waals surface area contributed by atoms with Gasteiger partial charge in [0, 0.05) is 33.7 Å². The molecular weight excluding hydrogens is 332 g/mol. The Bertz CT molecular complexity index is 660. The van der Waals surface area contributed by atoms with Crippen molar-refractivity contribution < 1.29 is 14.4 Å². The lowest BCUT2D eigenvalue weighted by Gasteiger charge is -2.30. The van der Waals surface area contributed by atoms with E-state index in [1.54, 1.807) is 38.4 Å². The smallest absolute Gasteiger partial charge is 0.313 e. The maximum atomic E-state index is 12.2. The van der Waals surface area contributed by atoms with Crippen LogP contribution in [0.25, 0.3) is 0 Å². The van der Waals surface area contributed by atoms with E-state index < -0.39 is 11.8 Å². The zero-order chi connectivity index (χ0) is 19.1. The van der Waals surface area contributed by atoms with E-state index in [9.17, 15) is 14.4 Å². The number of anilines is 1. The summed E-state index contributed by atoms with van der Waals surface area (Å²) >= 11 is 0. The summed E-state index contributed by atoms with van der Waals surface area (Å²) in [5.74, 6) is -1.02. The third-order valence-electron chi connectivity index (χ3n) is 4.47. The number of piperidine rings is 1. The molecule has 3 amide bonds. The number of amides is 3. The molecule has 2 rings (SSSR count). The molecule has 0 saturated carbocycles. The van der Waals surface area contributed by atoms with Crippen molar-refractivity contribution in [1.29, 1.82) is 0 Å². The van der Waals surface area contributed by atoms with Gasteiger partial charge in [-0.1, -0.05) is 19.1 Å². The molecule has 1 fully saturated rings. The predicted molar refractivity (Wildman–Crippen MR) is 101 cm³/mol. The normalized spacial score (nSPS) is 17.4. The van der Waals surface area contributed by atoms with Gasteiger partial charge in [0.15, 0.2) is 0 Å². The number of carbonyl (C=O) groups is 3. The largest absolute Gasteiger partial charge is 0.347 e. The predicted octanol–water partition coefficient (Wildman–Crippen LogP) is 1.18. The third kappa shape index (κ3) is 5.56. The Balaban J connectivity index is 1.85. The molecule has 7 nitrogen and oxygen atoms in total. The van der Waals surface area contributed by atoms with Gasteiger partial charge in [-0.25, -0.2) is 0 Å². The number of hydrogen-bond acceptors (Lipinski definition) is 4. The number of rotatable bonds is 5. The third-order valence-corrected chi connectivity index (χ3v) is 4.47. The summed E-state index contributed by atoms with van der Waals surface area (Å²) < 4.78 is 0. The Labute approximate surface area is 154 Å². The van der Waals surface area contributed by atoms with Crippen molar-refractivity contribution in [3.63, 3.8) is 0 Å². The first-order chi connectivity index (χ1) is 12.4. The minimum Gasteiger partial charge on any atom is -0.347 e. The van der Waals surface area contributed by atoms with Gasteiger partial charge in [-0.3, -0.25) is 14.4 Å². The average Bonchev–Trinajstić information content (AvgIpc) is 2.61. The summed E-state index contributed by atoms with van der Waals surface area (Å²) in [5, 5.41) is 5.18. The van der Waals surface area contributed by atoms with Crippen molar-refractivity contribution >= 4 is 23.4 Å². The Kier molecular flexibility index (Phi) is 7.15. The molecule has 0 radical (unpaired) electrons. The summed E-state index contributed by atoms with van der Waals surface area (Å²) in [6.45, 7) is 5.45.